The first-order chi connectivity index (χ1) is 11.1. The van der Waals surface area contributed by atoms with Crippen molar-refractivity contribution in [1.82, 2.24) is 5.32 Å². The summed E-state index contributed by atoms with van der Waals surface area (Å²) in [7, 11) is 3.12. The van der Waals surface area contributed by atoms with E-state index in [1.807, 2.05) is 24.3 Å². The Hall–Kier alpha value is -2.40. The van der Waals surface area contributed by atoms with Crippen molar-refractivity contribution in [2.24, 2.45) is 0 Å². The summed E-state index contributed by atoms with van der Waals surface area (Å²) >= 11 is 5.84. The maximum Gasteiger partial charge on any atom is 0.319 e. The molecule has 0 radical (unpaired) electrons. The summed E-state index contributed by atoms with van der Waals surface area (Å²) in [6, 6.07) is 12.4. The Kier molecular flexibility index (Phi) is 6.11. The molecule has 2 aromatic rings. The molecule has 2 N–H and O–H groups in total. The summed E-state index contributed by atoms with van der Waals surface area (Å²) in [5.74, 6) is 1.22. The lowest BCUT2D eigenvalue weighted by atomic mass is 10.1. The number of halogens is 1. The van der Waals surface area contributed by atoms with Crippen molar-refractivity contribution in [1.29, 1.82) is 0 Å². The molecule has 2 rings (SSSR count). The van der Waals surface area contributed by atoms with Crippen LogP contribution in [0.5, 0.6) is 11.5 Å². The van der Waals surface area contributed by atoms with Crippen LogP contribution in [-0.2, 0) is 6.42 Å². The van der Waals surface area contributed by atoms with Crippen LogP contribution in [0.25, 0.3) is 0 Å². The molecule has 5 nitrogen and oxygen atoms in total. The first-order valence-corrected chi connectivity index (χ1v) is 7.51. The van der Waals surface area contributed by atoms with Gasteiger partial charge in [-0.1, -0.05) is 23.7 Å². The van der Waals surface area contributed by atoms with Crippen LogP contribution in [0.2, 0.25) is 5.02 Å². The van der Waals surface area contributed by atoms with Gasteiger partial charge >= 0.3 is 6.03 Å². The van der Waals surface area contributed by atoms with Gasteiger partial charge < -0.3 is 20.1 Å². The molecule has 2 aromatic carbocycles. The highest BCUT2D eigenvalue weighted by atomic mass is 35.5. The Labute approximate surface area is 140 Å². The van der Waals surface area contributed by atoms with Gasteiger partial charge in [0, 0.05) is 35.5 Å². The van der Waals surface area contributed by atoms with E-state index in [2.05, 4.69) is 10.6 Å². The van der Waals surface area contributed by atoms with Crippen molar-refractivity contribution in [3.8, 4) is 11.5 Å². The molecule has 122 valence electrons. The monoisotopic (exact) mass is 334 g/mol. The molecule has 0 bridgehead atoms. The maximum absolute atomic E-state index is 11.9. The highest BCUT2D eigenvalue weighted by Crippen LogP contribution is 2.25. The fourth-order valence-electron chi connectivity index (χ4n) is 2.03. The third kappa shape index (κ3) is 5.38. The van der Waals surface area contributed by atoms with E-state index in [1.165, 1.54) is 0 Å². The molecular weight excluding hydrogens is 316 g/mol. The highest BCUT2D eigenvalue weighted by Gasteiger charge is 2.05. The molecule has 0 aliphatic carbocycles. The van der Waals surface area contributed by atoms with Crippen LogP contribution in [0, 0.1) is 0 Å². The third-order valence-corrected chi connectivity index (χ3v) is 3.47. The molecule has 23 heavy (non-hydrogen) atoms. The van der Waals surface area contributed by atoms with Crippen molar-refractivity contribution in [3.05, 3.63) is 53.1 Å². The van der Waals surface area contributed by atoms with Crippen molar-refractivity contribution in [2.45, 2.75) is 6.42 Å². The molecule has 0 saturated heterocycles. The van der Waals surface area contributed by atoms with Gasteiger partial charge in [-0.3, -0.25) is 0 Å². The number of methoxy groups -OCH3 is 2. The Bertz CT molecular complexity index is 637. The Balaban J connectivity index is 1.85. The zero-order chi connectivity index (χ0) is 16.7. The van der Waals surface area contributed by atoms with Gasteiger partial charge in [-0.25, -0.2) is 4.79 Å². The quantitative estimate of drug-likeness (QED) is 0.846. The van der Waals surface area contributed by atoms with E-state index in [1.54, 1.807) is 32.4 Å². The topological polar surface area (TPSA) is 59.6 Å². The molecular formula is C17H19ClN2O3. The van der Waals surface area contributed by atoms with Gasteiger partial charge in [0.2, 0.25) is 0 Å². The van der Waals surface area contributed by atoms with E-state index in [0.717, 1.165) is 12.0 Å². The number of rotatable bonds is 6. The SMILES string of the molecule is COc1cc(NC(=O)NCCc2ccc(Cl)cc2)cc(OC)c1. The van der Waals surface area contributed by atoms with Gasteiger partial charge in [0.05, 0.1) is 14.2 Å². The molecule has 0 heterocycles. The zero-order valence-corrected chi connectivity index (χ0v) is 13.8. The Morgan fingerprint density at radius 2 is 1.65 bits per heavy atom. The van der Waals surface area contributed by atoms with Crippen LogP contribution < -0.4 is 20.1 Å². The van der Waals surface area contributed by atoms with Gasteiger partial charge in [0.15, 0.2) is 0 Å². The number of carbonyl (C=O) groups is 1. The van der Waals surface area contributed by atoms with E-state index in [-0.39, 0.29) is 6.03 Å². The summed E-state index contributed by atoms with van der Waals surface area (Å²) < 4.78 is 10.3. The highest BCUT2D eigenvalue weighted by molar-refractivity contribution is 6.30. The minimum Gasteiger partial charge on any atom is -0.497 e. The molecule has 0 aromatic heterocycles. The summed E-state index contributed by atoms with van der Waals surface area (Å²) in [5.41, 5.74) is 1.71. The number of hydrogen-bond acceptors (Lipinski definition) is 3. The van der Waals surface area contributed by atoms with Crippen molar-refractivity contribution in [3.63, 3.8) is 0 Å². The van der Waals surface area contributed by atoms with Crippen LogP contribution in [0.4, 0.5) is 10.5 Å². The van der Waals surface area contributed by atoms with Gasteiger partial charge in [-0.2, -0.15) is 0 Å². The minimum atomic E-state index is -0.283. The van der Waals surface area contributed by atoms with Crippen LogP contribution in [0.3, 0.4) is 0 Å². The van der Waals surface area contributed by atoms with Crippen molar-refractivity contribution in [2.75, 3.05) is 26.1 Å². The van der Waals surface area contributed by atoms with Gasteiger partial charge in [0.1, 0.15) is 11.5 Å². The smallest absolute Gasteiger partial charge is 0.319 e. The molecule has 0 fully saturated rings. The zero-order valence-electron chi connectivity index (χ0n) is 13.1. The lowest BCUT2D eigenvalue weighted by Crippen LogP contribution is -2.30. The van der Waals surface area contributed by atoms with E-state index in [4.69, 9.17) is 21.1 Å². The molecule has 0 unspecified atom stereocenters. The normalized spacial score (nSPS) is 10.0. The van der Waals surface area contributed by atoms with Crippen molar-refractivity contribution >= 4 is 23.3 Å². The van der Waals surface area contributed by atoms with E-state index in [9.17, 15) is 4.79 Å². The molecule has 2 amide bonds. The number of ether oxygens (including phenoxy) is 2. The second-order valence-corrected chi connectivity index (χ2v) is 5.30. The number of amides is 2. The predicted octanol–water partition coefficient (Wildman–Crippen LogP) is 3.72. The first-order valence-electron chi connectivity index (χ1n) is 7.13. The predicted molar refractivity (Wildman–Crippen MR) is 91.7 cm³/mol. The summed E-state index contributed by atoms with van der Waals surface area (Å²) in [5, 5.41) is 6.26. The number of hydrogen-bond donors (Lipinski definition) is 2. The molecule has 0 aliphatic rings. The number of nitrogens with one attached hydrogen (secondary N) is 2. The van der Waals surface area contributed by atoms with E-state index >= 15 is 0 Å². The summed E-state index contributed by atoms with van der Waals surface area (Å²) in [4.78, 5) is 11.9. The number of anilines is 1. The maximum atomic E-state index is 11.9. The fraction of sp³-hybridized carbons (Fsp3) is 0.235. The van der Waals surface area contributed by atoms with Crippen molar-refractivity contribution < 1.29 is 14.3 Å². The molecule has 0 atom stereocenters. The summed E-state index contributed by atoms with van der Waals surface area (Å²) in [6.45, 7) is 0.522. The second-order valence-electron chi connectivity index (χ2n) is 4.86. The molecule has 6 heteroatoms. The lowest BCUT2D eigenvalue weighted by molar-refractivity contribution is 0.252. The second kappa shape index (κ2) is 8.29. The molecule has 0 spiro atoms. The average Bonchev–Trinajstić information content (AvgIpc) is 2.56. The van der Waals surface area contributed by atoms with Crippen LogP contribution in [0.1, 0.15) is 5.56 Å². The molecule has 0 aliphatic heterocycles. The largest absolute Gasteiger partial charge is 0.497 e. The minimum absolute atomic E-state index is 0.283. The Morgan fingerprint density at radius 3 is 2.22 bits per heavy atom. The van der Waals surface area contributed by atoms with Gasteiger partial charge in [-0.15, -0.1) is 0 Å². The summed E-state index contributed by atoms with van der Waals surface area (Å²) in [6.07, 6.45) is 0.728. The Morgan fingerprint density at radius 1 is 1.04 bits per heavy atom. The van der Waals surface area contributed by atoms with Crippen LogP contribution in [0.15, 0.2) is 42.5 Å². The van der Waals surface area contributed by atoms with E-state index in [0.29, 0.717) is 28.8 Å². The van der Waals surface area contributed by atoms with Gasteiger partial charge in [0.25, 0.3) is 0 Å². The van der Waals surface area contributed by atoms with Crippen LogP contribution >= 0.6 is 11.6 Å². The standard InChI is InChI=1S/C17H19ClN2O3/c1-22-15-9-14(10-16(11-15)23-2)20-17(21)19-8-7-12-3-5-13(18)6-4-12/h3-6,9-11H,7-8H2,1-2H3,(H2,19,20,21). The average molecular weight is 335 g/mol. The fourth-order valence-corrected chi connectivity index (χ4v) is 2.15. The van der Waals surface area contributed by atoms with Crippen LogP contribution in [-0.4, -0.2) is 26.8 Å². The number of carbonyl (C=O) groups excluding carboxylic acids is 1. The van der Waals surface area contributed by atoms with Gasteiger partial charge in [-0.05, 0) is 24.1 Å². The lowest BCUT2D eigenvalue weighted by Gasteiger charge is -2.11. The third-order valence-electron chi connectivity index (χ3n) is 3.22. The molecule has 0 saturated carbocycles. The number of urea groups is 1. The number of benzene rings is 2. The van der Waals surface area contributed by atoms with E-state index < -0.39 is 0 Å². The first kappa shape index (κ1) is 17.0.